The largest absolute Gasteiger partial charge is 0.508 e. The second kappa shape index (κ2) is 5.23. The summed E-state index contributed by atoms with van der Waals surface area (Å²) < 4.78 is 0.953. The Labute approximate surface area is 114 Å². The third-order valence-corrected chi connectivity index (χ3v) is 3.18. The Balaban J connectivity index is 2.22. The predicted molar refractivity (Wildman–Crippen MR) is 74.9 cm³/mol. The van der Waals surface area contributed by atoms with Gasteiger partial charge in [-0.25, -0.2) is 0 Å². The first kappa shape index (κ1) is 12.6. The Morgan fingerprint density at radius 2 is 1.83 bits per heavy atom. The topological polar surface area (TPSA) is 49.3 Å². The lowest BCUT2D eigenvalue weighted by molar-refractivity contribution is 0.102. The Hall–Kier alpha value is -1.81. The number of phenolic OH excluding ortho intramolecular Hbond substituents is 1. The van der Waals surface area contributed by atoms with Gasteiger partial charge in [0.2, 0.25) is 0 Å². The van der Waals surface area contributed by atoms with Crippen molar-refractivity contribution >= 4 is 27.5 Å². The number of hydrogen-bond acceptors (Lipinski definition) is 2. The molecule has 0 unspecified atom stereocenters. The summed E-state index contributed by atoms with van der Waals surface area (Å²) in [5.41, 5.74) is 1.76. The summed E-state index contributed by atoms with van der Waals surface area (Å²) in [5.74, 6) is -0.107. The van der Waals surface area contributed by atoms with Crippen LogP contribution in [0.4, 0.5) is 5.69 Å². The Kier molecular flexibility index (Phi) is 3.67. The fourth-order valence-electron chi connectivity index (χ4n) is 1.60. The van der Waals surface area contributed by atoms with Gasteiger partial charge in [-0.05, 0) is 43.3 Å². The molecule has 2 rings (SSSR count). The van der Waals surface area contributed by atoms with Crippen molar-refractivity contribution in [3.63, 3.8) is 0 Å². The minimum Gasteiger partial charge on any atom is -0.508 e. The van der Waals surface area contributed by atoms with Crippen molar-refractivity contribution in [1.82, 2.24) is 0 Å². The van der Waals surface area contributed by atoms with E-state index in [4.69, 9.17) is 0 Å². The molecule has 18 heavy (non-hydrogen) atoms. The average Bonchev–Trinajstić information content (AvgIpc) is 2.35. The van der Waals surface area contributed by atoms with Gasteiger partial charge in [-0.3, -0.25) is 4.79 Å². The third-order valence-electron chi connectivity index (χ3n) is 2.65. The number of carbonyl (C=O) groups is 1. The molecule has 0 aromatic heterocycles. The second-order valence-corrected chi connectivity index (χ2v) is 4.83. The van der Waals surface area contributed by atoms with Gasteiger partial charge in [-0.15, -0.1) is 0 Å². The number of benzene rings is 2. The fraction of sp³-hybridized carbons (Fsp3) is 0.0714. The molecule has 92 valence electrons. The second-order valence-electron chi connectivity index (χ2n) is 3.91. The maximum absolute atomic E-state index is 12.0. The van der Waals surface area contributed by atoms with Gasteiger partial charge >= 0.3 is 0 Å². The van der Waals surface area contributed by atoms with Gasteiger partial charge in [0.05, 0.1) is 0 Å². The summed E-state index contributed by atoms with van der Waals surface area (Å²) in [6.45, 7) is 1.71. The van der Waals surface area contributed by atoms with E-state index >= 15 is 0 Å². The van der Waals surface area contributed by atoms with E-state index in [9.17, 15) is 9.90 Å². The van der Waals surface area contributed by atoms with Crippen molar-refractivity contribution in [2.75, 3.05) is 5.32 Å². The average molecular weight is 306 g/mol. The molecule has 3 nitrogen and oxygen atoms in total. The van der Waals surface area contributed by atoms with Gasteiger partial charge < -0.3 is 10.4 Å². The number of nitrogens with one attached hydrogen (secondary N) is 1. The number of phenols is 1. The minimum atomic E-state index is -0.231. The normalized spacial score (nSPS) is 10.1. The molecule has 1 amide bonds. The van der Waals surface area contributed by atoms with Crippen LogP contribution in [0.1, 0.15) is 15.9 Å². The predicted octanol–water partition coefficient (Wildman–Crippen LogP) is 3.72. The Morgan fingerprint density at radius 3 is 2.50 bits per heavy atom. The molecule has 0 aliphatic carbocycles. The van der Waals surface area contributed by atoms with Gasteiger partial charge in [0.25, 0.3) is 5.91 Å². The number of aromatic hydroxyl groups is 1. The van der Waals surface area contributed by atoms with Crippen molar-refractivity contribution in [3.8, 4) is 5.75 Å². The standard InChI is InChI=1S/C14H12BrNO2/c1-9-12(3-2-4-13(9)17)14(18)16-11-7-5-10(15)6-8-11/h2-8,17H,1H3,(H,16,18). The zero-order valence-corrected chi connectivity index (χ0v) is 11.4. The molecular weight excluding hydrogens is 294 g/mol. The number of rotatable bonds is 2. The van der Waals surface area contributed by atoms with Crippen LogP contribution in [0.3, 0.4) is 0 Å². The number of anilines is 1. The zero-order valence-electron chi connectivity index (χ0n) is 9.77. The van der Waals surface area contributed by atoms with Crippen LogP contribution < -0.4 is 5.32 Å². The lowest BCUT2D eigenvalue weighted by Gasteiger charge is -2.08. The molecule has 2 aromatic carbocycles. The van der Waals surface area contributed by atoms with Crippen LogP contribution in [0, 0.1) is 6.92 Å². The molecule has 0 saturated carbocycles. The van der Waals surface area contributed by atoms with Crippen LogP contribution in [0.5, 0.6) is 5.75 Å². The SMILES string of the molecule is Cc1c(O)cccc1C(=O)Nc1ccc(Br)cc1. The van der Waals surface area contributed by atoms with Gasteiger partial charge in [-0.1, -0.05) is 22.0 Å². The summed E-state index contributed by atoms with van der Waals surface area (Å²) in [4.78, 5) is 12.0. The van der Waals surface area contributed by atoms with Gasteiger partial charge in [-0.2, -0.15) is 0 Å². The van der Waals surface area contributed by atoms with E-state index in [-0.39, 0.29) is 11.7 Å². The number of halogens is 1. The van der Waals surface area contributed by atoms with Crippen LogP contribution in [0.25, 0.3) is 0 Å². The van der Waals surface area contributed by atoms with Crippen LogP contribution in [0.2, 0.25) is 0 Å². The molecule has 0 heterocycles. The molecule has 2 N–H and O–H groups in total. The third kappa shape index (κ3) is 2.71. The fourth-order valence-corrected chi connectivity index (χ4v) is 1.87. The van der Waals surface area contributed by atoms with Crippen LogP contribution in [-0.2, 0) is 0 Å². The molecule has 0 fully saturated rings. The molecule has 2 aromatic rings. The molecule has 0 spiro atoms. The number of hydrogen-bond donors (Lipinski definition) is 2. The van der Waals surface area contributed by atoms with Crippen molar-refractivity contribution in [2.45, 2.75) is 6.92 Å². The first-order valence-electron chi connectivity index (χ1n) is 5.43. The number of carbonyl (C=O) groups excluding carboxylic acids is 1. The first-order valence-corrected chi connectivity index (χ1v) is 6.23. The van der Waals surface area contributed by atoms with Gasteiger partial charge in [0.15, 0.2) is 0 Å². The van der Waals surface area contributed by atoms with E-state index in [2.05, 4.69) is 21.2 Å². The highest BCUT2D eigenvalue weighted by molar-refractivity contribution is 9.10. The smallest absolute Gasteiger partial charge is 0.256 e. The van der Waals surface area contributed by atoms with Crippen molar-refractivity contribution < 1.29 is 9.90 Å². The summed E-state index contributed by atoms with van der Waals surface area (Å²) in [6.07, 6.45) is 0. The molecule has 0 atom stereocenters. The Bertz CT molecular complexity index is 579. The maximum Gasteiger partial charge on any atom is 0.256 e. The van der Waals surface area contributed by atoms with E-state index in [0.717, 1.165) is 4.47 Å². The zero-order chi connectivity index (χ0) is 13.1. The van der Waals surface area contributed by atoms with E-state index in [1.54, 1.807) is 37.3 Å². The van der Waals surface area contributed by atoms with Crippen molar-refractivity contribution in [2.24, 2.45) is 0 Å². The van der Waals surface area contributed by atoms with Gasteiger partial charge in [0, 0.05) is 21.3 Å². The maximum atomic E-state index is 12.0. The van der Waals surface area contributed by atoms with Crippen LogP contribution in [-0.4, -0.2) is 11.0 Å². The van der Waals surface area contributed by atoms with Crippen molar-refractivity contribution in [3.05, 3.63) is 58.1 Å². The number of amides is 1. The van der Waals surface area contributed by atoms with E-state index in [1.807, 2.05) is 12.1 Å². The van der Waals surface area contributed by atoms with E-state index in [1.165, 1.54) is 0 Å². The summed E-state index contributed by atoms with van der Waals surface area (Å²) in [7, 11) is 0. The molecule has 0 bridgehead atoms. The summed E-state index contributed by atoms with van der Waals surface area (Å²) in [5, 5.41) is 12.3. The van der Waals surface area contributed by atoms with E-state index in [0.29, 0.717) is 16.8 Å². The van der Waals surface area contributed by atoms with E-state index < -0.39 is 0 Å². The molecule has 0 aliphatic heterocycles. The monoisotopic (exact) mass is 305 g/mol. The van der Waals surface area contributed by atoms with Crippen molar-refractivity contribution in [1.29, 1.82) is 0 Å². The molecule has 4 heteroatoms. The lowest BCUT2D eigenvalue weighted by atomic mass is 10.1. The molecule has 0 radical (unpaired) electrons. The van der Waals surface area contributed by atoms with Crippen LogP contribution >= 0.6 is 15.9 Å². The molecule has 0 saturated heterocycles. The highest BCUT2D eigenvalue weighted by Gasteiger charge is 2.11. The lowest BCUT2D eigenvalue weighted by Crippen LogP contribution is -2.13. The molecular formula is C14H12BrNO2. The summed E-state index contributed by atoms with van der Waals surface area (Å²) in [6, 6.07) is 12.2. The highest BCUT2D eigenvalue weighted by atomic mass is 79.9. The Morgan fingerprint density at radius 1 is 1.17 bits per heavy atom. The molecule has 0 aliphatic rings. The highest BCUT2D eigenvalue weighted by Crippen LogP contribution is 2.21. The van der Waals surface area contributed by atoms with Crippen LogP contribution in [0.15, 0.2) is 46.9 Å². The minimum absolute atomic E-state index is 0.124. The van der Waals surface area contributed by atoms with Gasteiger partial charge in [0.1, 0.15) is 5.75 Å². The first-order chi connectivity index (χ1) is 8.58. The summed E-state index contributed by atoms with van der Waals surface area (Å²) >= 11 is 3.33. The quantitative estimate of drug-likeness (QED) is 0.888.